The number of hydrogen-bond donors (Lipinski definition) is 0. The molecule has 1 aliphatic rings. The number of ether oxygens (including phenoxy) is 2. The molecule has 5 heteroatoms. The third kappa shape index (κ3) is 2.44. The van der Waals surface area contributed by atoms with Crippen LogP contribution in [0.5, 0.6) is 5.88 Å². The Morgan fingerprint density at radius 2 is 2.19 bits per heavy atom. The van der Waals surface area contributed by atoms with Gasteiger partial charge in [0.1, 0.15) is 17.1 Å². The molecule has 2 heterocycles. The first-order chi connectivity index (χ1) is 7.70. The molecule has 1 saturated heterocycles. The third-order valence-electron chi connectivity index (χ3n) is 2.45. The van der Waals surface area contributed by atoms with Crippen molar-refractivity contribution in [2.75, 3.05) is 13.2 Å². The second kappa shape index (κ2) is 4.97. The highest BCUT2D eigenvalue weighted by Gasteiger charge is 2.22. The molecule has 0 spiro atoms. The van der Waals surface area contributed by atoms with Gasteiger partial charge in [0.25, 0.3) is 0 Å². The smallest absolute Gasteiger partial charge is 0.221 e. The van der Waals surface area contributed by atoms with Gasteiger partial charge in [-0.2, -0.15) is 4.98 Å². The average molecular weight is 243 g/mol. The van der Waals surface area contributed by atoms with Gasteiger partial charge in [-0.05, 0) is 13.3 Å². The number of hydrogen-bond acceptors (Lipinski definition) is 4. The topological polar surface area (TPSA) is 44.2 Å². The van der Waals surface area contributed by atoms with E-state index in [0.29, 0.717) is 24.2 Å². The van der Waals surface area contributed by atoms with Crippen LogP contribution in [0.4, 0.5) is 0 Å². The van der Waals surface area contributed by atoms with Crippen LogP contribution in [0.1, 0.15) is 24.7 Å². The molecule has 0 N–H and O–H groups in total. The highest BCUT2D eigenvalue weighted by molar-refractivity contribution is 6.30. The Labute approximate surface area is 99.9 Å². The summed E-state index contributed by atoms with van der Waals surface area (Å²) in [5, 5.41) is 0.480. The Hall–Kier alpha value is -0.870. The van der Waals surface area contributed by atoms with E-state index in [-0.39, 0.29) is 6.10 Å². The lowest BCUT2D eigenvalue weighted by atomic mass is 10.3. The maximum atomic E-state index is 6.04. The fourth-order valence-electron chi connectivity index (χ4n) is 1.40. The second-order valence-corrected chi connectivity index (χ2v) is 4.25. The minimum atomic E-state index is 0.110. The molecule has 1 aliphatic heterocycles. The first kappa shape index (κ1) is 11.6. The predicted octanol–water partition coefficient (Wildman–Crippen LogP) is 2.17. The summed E-state index contributed by atoms with van der Waals surface area (Å²) in [5.41, 5.74) is 0.799. The van der Waals surface area contributed by atoms with Gasteiger partial charge >= 0.3 is 0 Å². The van der Waals surface area contributed by atoms with Gasteiger partial charge in [0.05, 0.1) is 13.2 Å². The average Bonchev–Trinajstić information content (AvgIpc) is 2.19. The second-order valence-electron chi connectivity index (χ2n) is 3.89. The lowest BCUT2D eigenvalue weighted by Crippen LogP contribution is -2.39. The molecule has 1 aromatic heterocycles. The van der Waals surface area contributed by atoms with Crippen LogP contribution in [0, 0.1) is 6.92 Å². The SMILES string of the molecule is CCCc1nc(Cl)c(C)c(OC2COC2)n1. The van der Waals surface area contributed by atoms with Crippen molar-refractivity contribution >= 4 is 11.6 Å². The van der Waals surface area contributed by atoms with Crippen molar-refractivity contribution in [1.29, 1.82) is 0 Å². The molecule has 0 atom stereocenters. The Morgan fingerprint density at radius 3 is 2.75 bits per heavy atom. The van der Waals surface area contributed by atoms with E-state index in [1.807, 2.05) is 6.92 Å². The molecule has 0 bridgehead atoms. The lowest BCUT2D eigenvalue weighted by Gasteiger charge is -2.26. The monoisotopic (exact) mass is 242 g/mol. The Bertz CT molecular complexity index is 380. The molecule has 0 radical (unpaired) electrons. The third-order valence-corrected chi connectivity index (χ3v) is 2.82. The molecule has 2 rings (SSSR count). The molecule has 0 aliphatic carbocycles. The van der Waals surface area contributed by atoms with E-state index < -0.39 is 0 Å². The summed E-state index contributed by atoms with van der Waals surface area (Å²) in [5.74, 6) is 1.34. The van der Waals surface area contributed by atoms with E-state index in [1.165, 1.54) is 0 Å². The summed E-state index contributed by atoms with van der Waals surface area (Å²) in [4.78, 5) is 8.59. The van der Waals surface area contributed by atoms with Gasteiger partial charge in [0, 0.05) is 12.0 Å². The number of aryl methyl sites for hydroxylation is 1. The fraction of sp³-hybridized carbons (Fsp3) is 0.636. The lowest BCUT2D eigenvalue weighted by molar-refractivity contribution is -0.0816. The van der Waals surface area contributed by atoms with Crippen LogP contribution >= 0.6 is 11.6 Å². The number of halogens is 1. The van der Waals surface area contributed by atoms with E-state index in [1.54, 1.807) is 0 Å². The van der Waals surface area contributed by atoms with Gasteiger partial charge in [0.15, 0.2) is 0 Å². The van der Waals surface area contributed by atoms with Gasteiger partial charge in [-0.25, -0.2) is 4.98 Å². The number of aromatic nitrogens is 2. The zero-order valence-electron chi connectivity index (χ0n) is 9.49. The van der Waals surface area contributed by atoms with Gasteiger partial charge < -0.3 is 9.47 Å². The standard InChI is InChI=1S/C11H15ClN2O2/c1-3-4-9-13-10(12)7(2)11(14-9)16-8-5-15-6-8/h8H,3-6H2,1-2H3. The number of rotatable bonds is 4. The van der Waals surface area contributed by atoms with E-state index in [0.717, 1.165) is 24.2 Å². The quantitative estimate of drug-likeness (QED) is 0.759. The molecule has 16 heavy (non-hydrogen) atoms. The zero-order chi connectivity index (χ0) is 11.5. The maximum Gasteiger partial charge on any atom is 0.221 e. The number of nitrogens with zero attached hydrogens (tertiary/aromatic N) is 2. The van der Waals surface area contributed by atoms with Crippen LogP contribution in [0.25, 0.3) is 0 Å². The van der Waals surface area contributed by atoms with Gasteiger partial charge in [-0.3, -0.25) is 0 Å². The van der Waals surface area contributed by atoms with Crippen molar-refractivity contribution in [3.8, 4) is 5.88 Å². The summed E-state index contributed by atoms with van der Waals surface area (Å²) in [6.07, 6.45) is 1.92. The van der Waals surface area contributed by atoms with Gasteiger partial charge in [-0.1, -0.05) is 18.5 Å². The minimum Gasteiger partial charge on any atom is -0.469 e. The first-order valence-electron chi connectivity index (χ1n) is 5.48. The highest BCUT2D eigenvalue weighted by Crippen LogP contribution is 2.24. The normalized spacial score (nSPS) is 15.9. The van der Waals surface area contributed by atoms with E-state index in [9.17, 15) is 0 Å². The van der Waals surface area contributed by atoms with E-state index >= 15 is 0 Å². The summed E-state index contributed by atoms with van der Waals surface area (Å²) in [6.45, 7) is 5.21. The van der Waals surface area contributed by atoms with Crippen LogP contribution < -0.4 is 4.74 Å². The summed E-state index contributed by atoms with van der Waals surface area (Å²) in [7, 11) is 0. The molecular formula is C11H15ClN2O2. The van der Waals surface area contributed by atoms with E-state index in [2.05, 4.69) is 16.9 Å². The van der Waals surface area contributed by atoms with Crippen LogP contribution in [0.15, 0.2) is 0 Å². The predicted molar refractivity (Wildman–Crippen MR) is 61.0 cm³/mol. The molecule has 0 amide bonds. The first-order valence-corrected chi connectivity index (χ1v) is 5.86. The van der Waals surface area contributed by atoms with E-state index in [4.69, 9.17) is 21.1 Å². The van der Waals surface area contributed by atoms with Crippen LogP contribution in [-0.2, 0) is 11.2 Å². The van der Waals surface area contributed by atoms with Crippen molar-refractivity contribution in [2.45, 2.75) is 32.8 Å². The fourth-order valence-corrected chi connectivity index (χ4v) is 1.58. The maximum absolute atomic E-state index is 6.04. The summed E-state index contributed by atoms with van der Waals surface area (Å²) in [6, 6.07) is 0. The molecule has 0 aromatic carbocycles. The van der Waals surface area contributed by atoms with Crippen molar-refractivity contribution in [3.05, 3.63) is 16.5 Å². The van der Waals surface area contributed by atoms with Crippen molar-refractivity contribution in [2.24, 2.45) is 0 Å². The molecule has 88 valence electrons. The minimum absolute atomic E-state index is 0.110. The molecule has 1 fully saturated rings. The molecule has 0 unspecified atom stereocenters. The Kier molecular flexibility index (Phi) is 3.61. The Morgan fingerprint density at radius 1 is 1.44 bits per heavy atom. The van der Waals surface area contributed by atoms with Crippen molar-refractivity contribution < 1.29 is 9.47 Å². The summed E-state index contributed by atoms with van der Waals surface area (Å²) < 4.78 is 10.7. The van der Waals surface area contributed by atoms with Gasteiger partial charge in [0.2, 0.25) is 5.88 Å². The largest absolute Gasteiger partial charge is 0.469 e. The Balaban J connectivity index is 2.19. The van der Waals surface area contributed by atoms with Crippen LogP contribution in [0.2, 0.25) is 5.15 Å². The highest BCUT2D eigenvalue weighted by atomic mass is 35.5. The molecule has 1 aromatic rings. The zero-order valence-corrected chi connectivity index (χ0v) is 10.3. The molecular weight excluding hydrogens is 228 g/mol. The molecule has 4 nitrogen and oxygen atoms in total. The van der Waals surface area contributed by atoms with Crippen molar-refractivity contribution in [3.63, 3.8) is 0 Å². The molecule has 0 saturated carbocycles. The summed E-state index contributed by atoms with van der Waals surface area (Å²) >= 11 is 6.04. The van der Waals surface area contributed by atoms with Crippen LogP contribution in [0.3, 0.4) is 0 Å². The van der Waals surface area contributed by atoms with Gasteiger partial charge in [-0.15, -0.1) is 0 Å². The van der Waals surface area contributed by atoms with Crippen LogP contribution in [-0.4, -0.2) is 29.3 Å². The van der Waals surface area contributed by atoms with Crippen molar-refractivity contribution in [1.82, 2.24) is 9.97 Å².